The molecule has 0 aliphatic carbocycles. The van der Waals surface area contributed by atoms with Crippen molar-refractivity contribution in [3.05, 3.63) is 29.8 Å². The Hall–Kier alpha value is -2.12. The van der Waals surface area contributed by atoms with Gasteiger partial charge in [-0.05, 0) is 43.9 Å². The van der Waals surface area contributed by atoms with Crippen LogP contribution in [0.25, 0.3) is 0 Å². The van der Waals surface area contributed by atoms with Crippen LogP contribution in [-0.4, -0.2) is 37.3 Å². The first kappa shape index (κ1) is 18.2. The van der Waals surface area contributed by atoms with Gasteiger partial charge in [-0.3, -0.25) is 10.1 Å². The third-order valence-corrected chi connectivity index (χ3v) is 3.80. The van der Waals surface area contributed by atoms with Crippen LogP contribution in [0.1, 0.15) is 31.7 Å². The fourth-order valence-corrected chi connectivity index (χ4v) is 2.54. The van der Waals surface area contributed by atoms with E-state index in [4.69, 9.17) is 15.2 Å². The first-order chi connectivity index (χ1) is 11.5. The van der Waals surface area contributed by atoms with Gasteiger partial charge >= 0.3 is 6.03 Å². The number of hydrogen-bond donors (Lipinski definition) is 3. The molecule has 1 saturated heterocycles. The third kappa shape index (κ3) is 6.17. The molecule has 1 fully saturated rings. The maximum atomic E-state index is 11.7. The molecule has 1 heterocycles. The van der Waals surface area contributed by atoms with Gasteiger partial charge in [0.2, 0.25) is 5.91 Å². The zero-order valence-electron chi connectivity index (χ0n) is 13.9. The lowest BCUT2D eigenvalue weighted by atomic mass is 10.1. The van der Waals surface area contributed by atoms with E-state index in [0.717, 1.165) is 30.7 Å². The average molecular weight is 335 g/mol. The molecule has 0 radical (unpaired) electrons. The van der Waals surface area contributed by atoms with Gasteiger partial charge in [0.15, 0.2) is 0 Å². The van der Waals surface area contributed by atoms with Gasteiger partial charge in [0.05, 0.1) is 19.3 Å². The van der Waals surface area contributed by atoms with Gasteiger partial charge in [0.1, 0.15) is 6.04 Å². The molecule has 1 aliphatic rings. The average Bonchev–Trinajstić information content (AvgIpc) is 2.55. The van der Waals surface area contributed by atoms with Gasteiger partial charge in [0, 0.05) is 12.3 Å². The fourth-order valence-electron chi connectivity index (χ4n) is 2.54. The number of urea groups is 1. The van der Waals surface area contributed by atoms with Crippen LogP contribution in [0.3, 0.4) is 0 Å². The van der Waals surface area contributed by atoms with Crippen LogP contribution in [0, 0.1) is 0 Å². The van der Waals surface area contributed by atoms with Gasteiger partial charge in [0.25, 0.3) is 0 Å². The monoisotopic (exact) mass is 335 g/mol. The Labute approximate surface area is 141 Å². The summed E-state index contributed by atoms with van der Waals surface area (Å²) >= 11 is 0. The molecule has 132 valence electrons. The summed E-state index contributed by atoms with van der Waals surface area (Å²) in [4.78, 5) is 22.4. The molecule has 0 unspecified atom stereocenters. The Balaban J connectivity index is 1.79. The second kappa shape index (κ2) is 9.24. The second-order valence-corrected chi connectivity index (χ2v) is 5.92. The molecule has 0 spiro atoms. The van der Waals surface area contributed by atoms with E-state index < -0.39 is 18.0 Å². The highest BCUT2D eigenvalue weighted by Crippen LogP contribution is 2.15. The zero-order valence-corrected chi connectivity index (χ0v) is 13.9. The van der Waals surface area contributed by atoms with Crippen molar-refractivity contribution in [2.24, 2.45) is 5.73 Å². The van der Waals surface area contributed by atoms with Gasteiger partial charge in [-0.25, -0.2) is 4.79 Å². The number of benzene rings is 1. The summed E-state index contributed by atoms with van der Waals surface area (Å²) in [5.41, 5.74) is 6.71. The molecular weight excluding hydrogens is 310 g/mol. The van der Waals surface area contributed by atoms with Gasteiger partial charge in [-0.15, -0.1) is 0 Å². The largest absolute Gasteiger partial charge is 0.376 e. The van der Waals surface area contributed by atoms with Crippen LogP contribution in [0.5, 0.6) is 0 Å². The number of primary amides is 1. The minimum atomic E-state index is -0.860. The second-order valence-electron chi connectivity index (χ2n) is 5.92. The van der Waals surface area contributed by atoms with E-state index >= 15 is 0 Å². The van der Waals surface area contributed by atoms with Crippen molar-refractivity contribution >= 4 is 17.6 Å². The molecule has 2 rings (SSSR count). The van der Waals surface area contributed by atoms with Gasteiger partial charge in [-0.2, -0.15) is 0 Å². The quantitative estimate of drug-likeness (QED) is 0.705. The summed E-state index contributed by atoms with van der Waals surface area (Å²) < 4.78 is 11.4. The van der Waals surface area contributed by atoms with Crippen LogP contribution >= 0.6 is 0 Å². The van der Waals surface area contributed by atoms with E-state index in [-0.39, 0.29) is 6.10 Å². The van der Waals surface area contributed by atoms with E-state index in [2.05, 4.69) is 5.32 Å². The van der Waals surface area contributed by atoms with Crippen molar-refractivity contribution in [3.8, 4) is 0 Å². The SMILES string of the molecule is C[C@@H](Nc1cccc(COC[C@H]2CCCCO2)c1)C(=O)NC(N)=O. The van der Waals surface area contributed by atoms with Crippen molar-refractivity contribution < 1.29 is 19.1 Å². The van der Waals surface area contributed by atoms with E-state index in [1.54, 1.807) is 6.92 Å². The van der Waals surface area contributed by atoms with Crippen molar-refractivity contribution in [3.63, 3.8) is 0 Å². The molecule has 0 bridgehead atoms. The summed E-state index contributed by atoms with van der Waals surface area (Å²) in [6.45, 7) is 3.55. The smallest absolute Gasteiger partial charge is 0.318 e. The first-order valence-electron chi connectivity index (χ1n) is 8.19. The number of amides is 3. The van der Waals surface area contributed by atoms with Crippen molar-refractivity contribution in [2.45, 2.75) is 44.9 Å². The highest BCUT2D eigenvalue weighted by atomic mass is 16.5. The molecule has 0 saturated carbocycles. The van der Waals surface area contributed by atoms with Crippen LogP contribution < -0.4 is 16.4 Å². The minimum absolute atomic E-state index is 0.192. The van der Waals surface area contributed by atoms with Crippen LogP contribution in [-0.2, 0) is 20.9 Å². The van der Waals surface area contributed by atoms with Crippen LogP contribution in [0.2, 0.25) is 0 Å². The first-order valence-corrected chi connectivity index (χ1v) is 8.19. The number of hydrogen-bond acceptors (Lipinski definition) is 5. The number of nitrogens with two attached hydrogens (primary N) is 1. The fraction of sp³-hybridized carbons (Fsp3) is 0.529. The lowest BCUT2D eigenvalue weighted by Crippen LogP contribution is -2.43. The lowest BCUT2D eigenvalue weighted by molar-refractivity contribution is -0.120. The number of carbonyl (C=O) groups is 2. The summed E-state index contributed by atoms with van der Waals surface area (Å²) in [5.74, 6) is -0.474. The van der Waals surface area contributed by atoms with Crippen molar-refractivity contribution in [1.29, 1.82) is 0 Å². The number of rotatable bonds is 7. The van der Waals surface area contributed by atoms with Crippen LogP contribution in [0.15, 0.2) is 24.3 Å². The Morgan fingerprint density at radius 2 is 2.25 bits per heavy atom. The van der Waals surface area contributed by atoms with Gasteiger partial charge in [-0.1, -0.05) is 12.1 Å². The van der Waals surface area contributed by atoms with E-state index in [9.17, 15) is 9.59 Å². The van der Waals surface area contributed by atoms with Gasteiger partial charge < -0.3 is 20.5 Å². The normalized spacial score (nSPS) is 18.6. The molecule has 0 aromatic heterocycles. The van der Waals surface area contributed by atoms with E-state index in [0.29, 0.717) is 13.2 Å². The summed E-state index contributed by atoms with van der Waals surface area (Å²) in [5, 5.41) is 5.07. The predicted molar refractivity (Wildman–Crippen MR) is 90.5 cm³/mol. The van der Waals surface area contributed by atoms with Crippen molar-refractivity contribution in [2.75, 3.05) is 18.5 Å². The Kier molecular flexibility index (Phi) is 7.02. The molecule has 24 heavy (non-hydrogen) atoms. The molecule has 7 heteroatoms. The Morgan fingerprint density at radius 3 is 2.96 bits per heavy atom. The standard InChI is InChI=1S/C17H25N3O4/c1-12(16(21)20-17(18)22)19-14-6-4-5-13(9-14)10-23-11-15-7-2-3-8-24-15/h4-6,9,12,15,19H,2-3,7-8,10-11H2,1H3,(H3,18,20,21,22)/t12-,15-/m1/s1. The molecule has 1 aromatic rings. The lowest BCUT2D eigenvalue weighted by Gasteiger charge is -2.22. The highest BCUT2D eigenvalue weighted by Gasteiger charge is 2.15. The molecule has 1 aromatic carbocycles. The number of imide groups is 1. The van der Waals surface area contributed by atoms with Crippen LogP contribution in [0.4, 0.5) is 10.5 Å². The number of ether oxygens (including phenoxy) is 2. The van der Waals surface area contributed by atoms with E-state index in [1.165, 1.54) is 6.42 Å². The third-order valence-electron chi connectivity index (χ3n) is 3.80. The molecule has 2 atom stereocenters. The maximum absolute atomic E-state index is 11.7. The number of carbonyl (C=O) groups excluding carboxylic acids is 2. The topological polar surface area (TPSA) is 103 Å². The summed E-state index contributed by atoms with van der Waals surface area (Å²) in [6, 6.07) is 6.17. The molecule has 7 nitrogen and oxygen atoms in total. The highest BCUT2D eigenvalue weighted by molar-refractivity contribution is 5.97. The number of nitrogens with one attached hydrogen (secondary N) is 2. The number of anilines is 1. The summed E-state index contributed by atoms with van der Waals surface area (Å²) in [7, 11) is 0. The zero-order chi connectivity index (χ0) is 17.4. The molecule has 1 aliphatic heterocycles. The summed E-state index contributed by atoms with van der Waals surface area (Å²) in [6.07, 6.45) is 3.57. The molecular formula is C17H25N3O4. The molecule has 3 amide bonds. The Morgan fingerprint density at radius 1 is 1.42 bits per heavy atom. The predicted octanol–water partition coefficient (Wildman–Crippen LogP) is 1.77. The minimum Gasteiger partial charge on any atom is -0.376 e. The molecule has 4 N–H and O–H groups in total. The van der Waals surface area contributed by atoms with E-state index in [1.807, 2.05) is 29.6 Å². The maximum Gasteiger partial charge on any atom is 0.318 e. The van der Waals surface area contributed by atoms with Crippen molar-refractivity contribution in [1.82, 2.24) is 5.32 Å². The Bertz CT molecular complexity index is 559.